The van der Waals surface area contributed by atoms with Crippen LogP contribution in [0.4, 0.5) is 0 Å². The predicted octanol–water partition coefficient (Wildman–Crippen LogP) is 1.11. The average molecular weight is 343 g/mol. The maximum atomic E-state index is 12.4. The monoisotopic (exact) mass is 343 g/mol. The molecular formula is C19H21NO5. The number of ketones is 1. The minimum absolute atomic E-state index is 0.125. The lowest BCUT2D eigenvalue weighted by Crippen LogP contribution is -2.38. The van der Waals surface area contributed by atoms with Gasteiger partial charge in [-0.25, -0.2) is 0 Å². The van der Waals surface area contributed by atoms with Crippen molar-refractivity contribution < 1.29 is 24.5 Å². The number of nitrogens with zero attached hydrogens (tertiary/aromatic N) is 1. The van der Waals surface area contributed by atoms with Gasteiger partial charge in [0.05, 0.1) is 13.2 Å². The van der Waals surface area contributed by atoms with Crippen LogP contribution in [-0.4, -0.2) is 59.7 Å². The third-order valence-corrected chi connectivity index (χ3v) is 3.59. The zero-order valence-corrected chi connectivity index (χ0v) is 13.8. The number of carbonyl (C=O) groups excluding carboxylic acids is 2. The summed E-state index contributed by atoms with van der Waals surface area (Å²) in [7, 11) is 0. The molecule has 2 rings (SSSR count). The van der Waals surface area contributed by atoms with Crippen molar-refractivity contribution >= 4 is 11.7 Å². The Kier molecular flexibility index (Phi) is 7.13. The first-order chi connectivity index (χ1) is 12.2. The molecule has 0 aliphatic carbocycles. The second-order valence-electron chi connectivity index (χ2n) is 5.34. The third kappa shape index (κ3) is 5.41. The molecule has 2 N–H and O–H groups in total. The first-order valence-corrected chi connectivity index (χ1v) is 7.98. The van der Waals surface area contributed by atoms with E-state index in [1.165, 1.54) is 4.90 Å². The largest absolute Gasteiger partial charge is 0.484 e. The molecule has 0 spiro atoms. The minimum Gasteiger partial charge on any atom is -0.484 e. The number of carbonyl (C=O) groups is 2. The lowest BCUT2D eigenvalue weighted by atomic mass is 10.0. The van der Waals surface area contributed by atoms with E-state index in [2.05, 4.69) is 0 Å². The Morgan fingerprint density at radius 2 is 1.52 bits per heavy atom. The van der Waals surface area contributed by atoms with E-state index in [-0.39, 0.29) is 44.6 Å². The number of aliphatic hydroxyl groups excluding tert-OH is 2. The van der Waals surface area contributed by atoms with Crippen LogP contribution in [0.5, 0.6) is 5.75 Å². The molecule has 6 heteroatoms. The molecule has 25 heavy (non-hydrogen) atoms. The molecule has 0 heterocycles. The summed E-state index contributed by atoms with van der Waals surface area (Å²) in [5.74, 6) is -0.0643. The van der Waals surface area contributed by atoms with Gasteiger partial charge in [0.15, 0.2) is 12.4 Å². The maximum absolute atomic E-state index is 12.4. The van der Waals surface area contributed by atoms with Crippen LogP contribution in [-0.2, 0) is 4.79 Å². The van der Waals surface area contributed by atoms with Crippen LogP contribution >= 0.6 is 0 Å². The quantitative estimate of drug-likeness (QED) is 0.666. The first kappa shape index (κ1) is 18.6. The fourth-order valence-electron chi connectivity index (χ4n) is 2.32. The highest BCUT2D eigenvalue weighted by molar-refractivity contribution is 6.09. The highest BCUT2D eigenvalue weighted by Gasteiger charge is 2.14. The normalized spacial score (nSPS) is 10.3. The lowest BCUT2D eigenvalue weighted by Gasteiger charge is -2.20. The molecule has 0 unspecified atom stereocenters. The molecule has 0 saturated carbocycles. The number of hydrogen-bond donors (Lipinski definition) is 2. The lowest BCUT2D eigenvalue weighted by molar-refractivity contribution is -0.134. The Morgan fingerprint density at radius 1 is 0.880 bits per heavy atom. The zero-order valence-electron chi connectivity index (χ0n) is 13.8. The zero-order chi connectivity index (χ0) is 18.1. The highest BCUT2D eigenvalue weighted by atomic mass is 16.5. The van der Waals surface area contributed by atoms with Crippen molar-refractivity contribution in [3.63, 3.8) is 0 Å². The summed E-state index contributed by atoms with van der Waals surface area (Å²) < 4.78 is 5.46. The van der Waals surface area contributed by atoms with Gasteiger partial charge in [0.1, 0.15) is 5.75 Å². The van der Waals surface area contributed by atoms with Gasteiger partial charge in [-0.3, -0.25) is 9.59 Å². The Labute approximate surface area is 146 Å². The summed E-state index contributed by atoms with van der Waals surface area (Å²) in [6.45, 7) is -0.340. The number of ether oxygens (including phenoxy) is 1. The molecule has 0 aliphatic heterocycles. The predicted molar refractivity (Wildman–Crippen MR) is 92.6 cm³/mol. The summed E-state index contributed by atoms with van der Waals surface area (Å²) >= 11 is 0. The van der Waals surface area contributed by atoms with Gasteiger partial charge in [-0.05, 0) is 12.1 Å². The van der Waals surface area contributed by atoms with Crippen molar-refractivity contribution in [1.29, 1.82) is 0 Å². The van der Waals surface area contributed by atoms with Crippen LogP contribution in [0.15, 0.2) is 54.6 Å². The van der Waals surface area contributed by atoms with Crippen molar-refractivity contribution in [3.8, 4) is 5.75 Å². The number of aliphatic hydroxyl groups is 2. The van der Waals surface area contributed by atoms with Crippen LogP contribution in [0.3, 0.4) is 0 Å². The molecule has 132 valence electrons. The SMILES string of the molecule is O=C(c1ccccc1)c1cccc(OCC(=O)N(CCO)CCO)c1. The van der Waals surface area contributed by atoms with Gasteiger partial charge in [0.25, 0.3) is 5.91 Å². The molecule has 0 radical (unpaired) electrons. The standard InChI is InChI=1S/C19H21NO5/c21-11-9-20(10-12-22)18(23)14-25-17-8-4-7-16(13-17)19(24)15-5-2-1-3-6-15/h1-8,13,21-22H,9-12,14H2. The molecule has 0 fully saturated rings. The smallest absolute Gasteiger partial charge is 0.260 e. The van der Waals surface area contributed by atoms with Gasteiger partial charge >= 0.3 is 0 Å². The highest BCUT2D eigenvalue weighted by Crippen LogP contribution is 2.17. The molecule has 1 amide bonds. The van der Waals surface area contributed by atoms with E-state index in [1.807, 2.05) is 6.07 Å². The second kappa shape index (κ2) is 9.56. The topological polar surface area (TPSA) is 87.1 Å². The molecule has 0 atom stereocenters. The van der Waals surface area contributed by atoms with Gasteiger partial charge in [-0.15, -0.1) is 0 Å². The van der Waals surface area contributed by atoms with Crippen molar-refractivity contribution in [1.82, 2.24) is 4.90 Å². The van der Waals surface area contributed by atoms with Crippen molar-refractivity contribution in [2.75, 3.05) is 32.9 Å². The number of rotatable bonds is 9. The van der Waals surface area contributed by atoms with E-state index in [0.717, 1.165) is 0 Å². The van der Waals surface area contributed by atoms with E-state index in [0.29, 0.717) is 16.9 Å². The molecule has 0 aliphatic rings. The van der Waals surface area contributed by atoms with Crippen LogP contribution in [0.1, 0.15) is 15.9 Å². The number of benzene rings is 2. The fourth-order valence-corrected chi connectivity index (χ4v) is 2.32. The second-order valence-corrected chi connectivity index (χ2v) is 5.34. The number of amides is 1. The van der Waals surface area contributed by atoms with Gasteiger partial charge < -0.3 is 19.8 Å². The third-order valence-electron chi connectivity index (χ3n) is 3.59. The number of hydrogen-bond acceptors (Lipinski definition) is 5. The summed E-state index contributed by atoms with van der Waals surface area (Å²) in [4.78, 5) is 25.8. The van der Waals surface area contributed by atoms with Gasteiger partial charge in [0.2, 0.25) is 0 Å². The van der Waals surface area contributed by atoms with Gasteiger partial charge in [0, 0.05) is 24.2 Å². The van der Waals surface area contributed by atoms with Crippen LogP contribution < -0.4 is 4.74 Å². The summed E-state index contributed by atoms with van der Waals surface area (Å²) in [6, 6.07) is 15.5. The summed E-state index contributed by atoms with van der Waals surface area (Å²) in [5, 5.41) is 17.9. The van der Waals surface area contributed by atoms with Crippen LogP contribution in [0.25, 0.3) is 0 Å². The summed E-state index contributed by atoms with van der Waals surface area (Å²) in [6.07, 6.45) is 0. The van der Waals surface area contributed by atoms with E-state index in [1.54, 1.807) is 48.5 Å². The van der Waals surface area contributed by atoms with Crippen molar-refractivity contribution in [2.24, 2.45) is 0 Å². The van der Waals surface area contributed by atoms with E-state index in [4.69, 9.17) is 14.9 Å². The Balaban J connectivity index is 2.02. The molecule has 0 aromatic heterocycles. The fraction of sp³-hybridized carbons (Fsp3) is 0.263. The van der Waals surface area contributed by atoms with E-state index in [9.17, 15) is 9.59 Å². The van der Waals surface area contributed by atoms with Crippen LogP contribution in [0, 0.1) is 0 Å². The molecule has 2 aromatic rings. The Morgan fingerprint density at radius 3 is 2.16 bits per heavy atom. The van der Waals surface area contributed by atoms with Crippen molar-refractivity contribution in [2.45, 2.75) is 0 Å². The minimum atomic E-state index is -0.345. The summed E-state index contributed by atoms with van der Waals surface area (Å²) in [5.41, 5.74) is 1.05. The molecular weight excluding hydrogens is 322 g/mol. The molecule has 0 saturated heterocycles. The molecule has 2 aromatic carbocycles. The van der Waals surface area contributed by atoms with Gasteiger partial charge in [-0.1, -0.05) is 42.5 Å². The van der Waals surface area contributed by atoms with E-state index >= 15 is 0 Å². The van der Waals surface area contributed by atoms with E-state index < -0.39 is 0 Å². The average Bonchev–Trinajstić information content (AvgIpc) is 2.66. The molecule has 0 bridgehead atoms. The molecule has 6 nitrogen and oxygen atoms in total. The Hall–Kier alpha value is -2.70. The first-order valence-electron chi connectivity index (χ1n) is 7.98. The van der Waals surface area contributed by atoms with Crippen LogP contribution in [0.2, 0.25) is 0 Å². The Bertz CT molecular complexity index is 696. The van der Waals surface area contributed by atoms with Crippen molar-refractivity contribution in [3.05, 3.63) is 65.7 Å². The van der Waals surface area contributed by atoms with Gasteiger partial charge in [-0.2, -0.15) is 0 Å². The maximum Gasteiger partial charge on any atom is 0.260 e.